The van der Waals surface area contributed by atoms with E-state index in [1.54, 1.807) is 29.2 Å². The van der Waals surface area contributed by atoms with E-state index in [9.17, 15) is 14.7 Å². The molecule has 0 aliphatic carbocycles. The van der Waals surface area contributed by atoms with Crippen LogP contribution in [0.3, 0.4) is 0 Å². The van der Waals surface area contributed by atoms with Crippen molar-refractivity contribution in [1.82, 2.24) is 4.90 Å². The molecule has 25 heavy (non-hydrogen) atoms. The van der Waals surface area contributed by atoms with Gasteiger partial charge in [0.25, 0.3) is 0 Å². The molecule has 1 atom stereocenters. The SMILES string of the molecule is CC(=O)c1cccc(NC(=O)N(Cc2ccccc2)C(C)CCO)c1. The van der Waals surface area contributed by atoms with E-state index >= 15 is 0 Å². The highest BCUT2D eigenvalue weighted by molar-refractivity contribution is 5.96. The fourth-order valence-electron chi connectivity index (χ4n) is 2.56. The first-order chi connectivity index (χ1) is 12.0. The maximum Gasteiger partial charge on any atom is 0.322 e. The molecular weight excluding hydrogens is 316 g/mol. The number of carbonyl (C=O) groups excluding carboxylic acids is 2. The molecule has 1 unspecified atom stereocenters. The molecule has 0 saturated carbocycles. The molecule has 5 heteroatoms. The van der Waals surface area contributed by atoms with Gasteiger partial charge in [0.1, 0.15) is 0 Å². The van der Waals surface area contributed by atoms with Crippen LogP contribution in [0.15, 0.2) is 54.6 Å². The Hall–Kier alpha value is -2.66. The summed E-state index contributed by atoms with van der Waals surface area (Å²) in [4.78, 5) is 26.0. The van der Waals surface area contributed by atoms with Gasteiger partial charge in [-0.25, -0.2) is 4.79 Å². The van der Waals surface area contributed by atoms with Crippen LogP contribution >= 0.6 is 0 Å². The van der Waals surface area contributed by atoms with Gasteiger partial charge < -0.3 is 15.3 Å². The summed E-state index contributed by atoms with van der Waals surface area (Å²) < 4.78 is 0. The summed E-state index contributed by atoms with van der Waals surface area (Å²) in [6, 6.07) is 16.2. The Labute approximate surface area is 148 Å². The third-order valence-corrected chi connectivity index (χ3v) is 4.06. The summed E-state index contributed by atoms with van der Waals surface area (Å²) in [7, 11) is 0. The van der Waals surface area contributed by atoms with Gasteiger partial charge in [-0.05, 0) is 38.0 Å². The number of hydrogen-bond donors (Lipinski definition) is 2. The number of benzene rings is 2. The fourth-order valence-corrected chi connectivity index (χ4v) is 2.56. The predicted octanol–water partition coefficient (Wildman–Crippen LogP) is 3.69. The van der Waals surface area contributed by atoms with Crippen LogP contribution in [0.5, 0.6) is 0 Å². The molecule has 2 amide bonds. The molecule has 0 radical (unpaired) electrons. The number of amides is 2. The van der Waals surface area contributed by atoms with Crippen molar-refractivity contribution in [2.75, 3.05) is 11.9 Å². The Balaban J connectivity index is 2.17. The lowest BCUT2D eigenvalue weighted by Gasteiger charge is -2.29. The van der Waals surface area contributed by atoms with Crippen LogP contribution in [0.1, 0.15) is 36.2 Å². The van der Waals surface area contributed by atoms with E-state index in [1.165, 1.54) is 6.92 Å². The van der Waals surface area contributed by atoms with Crippen LogP contribution in [-0.4, -0.2) is 34.5 Å². The smallest absolute Gasteiger partial charge is 0.322 e. The molecule has 2 aromatic rings. The molecule has 2 N–H and O–H groups in total. The van der Waals surface area contributed by atoms with Crippen molar-refractivity contribution >= 4 is 17.5 Å². The number of anilines is 1. The van der Waals surface area contributed by atoms with Crippen molar-refractivity contribution in [3.05, 3.63) is 65.7 Å². The summed E-state index contributed by atoms with van der Waals surface area (Å²) in [5.74, 6) is -0.0501. The van der Waals surface area contributed by atoms with Crippen molar-refractivity contribution in [1.29, 1.82) is 0 Å². The van der Waals surface area contributed by atoms with Gasteiger partial charge in [0, 0.05) is 30.4 Å². The van der Waals surface area contributed by atoms with Gasteiger partial charge in [-0.2, -0.15) is 0 Å². The molecule has 2 aromatic carbocycles. The Bertz CT molecular complexity index is 716. The summed E-state index contributed by atoms with van der Waals surface area (Å²) in [5, 5.41) is 12.1. The summed E-state index contributed by atoms with van der Waals surface area (Å²) in [6.07, 6.45) is 0.494. The minimum Gasteiger partial charge on any atom is -0.396 e. The van der Waals surface area contributed by atoms with E-state index in [0.29, 0.717) is 24.2 Å². The Morgan fingerprint density at radius 3 is 2.48 bits per heavy atom. The van der Waals surface area contributed by atoms with Crippen LogP contribution in [-0.2, 0) is 6.54 Å². The second-order valence-corrected chi connectivity index (χ2v) is 6.04. The van der Waals surface area contributed by atoms with E-state index in [1.807, 2.05) is 37.3 Å². The monoisotopic (exact) mass is 340 g/mol. The topological polar surface area (TPSA) is 69.6 Å². The minimum absolute atomic E-state index is 0.0135. The Morgan fingerprint density at radius 1 is 1.12 bits per heavy atom. The van der Waals surface area contributed by atoms with Gasteiger partial charge in [-0.3, -0.25) is 4.79 Å². The maximum absolute atomic E-state index is 12.8. The third-order valence-electron chi connectivity index (χ3n) is 4.06. The zero-order valence-electron chi connectivity index (χ0n) is 14.6. The minimum atomic E-state index is -0.259. The first-order valence-corrected chi connectivity index (χ1v) is 8.34. The number of Topliss-reactive ketones (excluding diaryl/α,β-unsaturated/α-hetero) is 1. The molecule has 132 valence electrons. The van der Waals surface area contributed by atoms with E-state index in [-0.39, 0.29) is 24.5 Å². The molecule has 0 aliphatic rings. The first-order valence-electron chi connectivity index (χ1n) is 8.34. The van der Waals surface area contributed by atoms with E-state index in [2.05, 4.69) is 5.32 Å². The molecule has 0 spiro atoms. The molecular formula is C20H24N2O3. The van der Waals surface area contributed by atoms with Crippen molar-refractivity contribution in [2.45, 2.75) is 32.9 Å². The number of rotatable bonds is 7. The lowest BCUT2D eigenvalue weighted by Crippen LogP contribution is -2.41. The summed E-state index contributed by atoms with van der Waals surface area (Å²) in [6.45, 7) is 3.86. The second kappa shape index (κ2) is 8.99. The zero-order chi connectivity index (χ0) is 18.2. The van der Waals surface area contributed by atoms with Crippen LogP contribution in [0.2, 0.25) is 0 Å². The molecule has 5 nitrogen and oxygen atoms in total. The number of hydrogen-bond acceptors (Lipinski definition) is 3. The standard InChI is InChI=1S/C20H24N2O3/c1-15(11-12-23)22(14-17-7-4-3-5-8-17)20(25)21-19-10-6-9-18(13-19)16(2)24/h3-10,13,15,23H,11-12,14H2,1-2H3,(H,21,25). The van der Waals surface area contributed by atoms with Crippen molar-refractivity contribution in [2.24, 2.45) is 0 Å². The van der Waals surface area contributed by atoms with Crippen molar-refractivity contribution in [3.63, 3.8) is 0 Å². The van der Waals surface area contributed by atoms with Crippen molar-refractivity contribution < 1.29 is 14.7 Å². The highest BCUT2D eigenvalue weighted by Gasteiger charge is 2.20. The van der Waals surface area contributed by atoms with Crippen LogP contribution in [0.25, 0.3) is 0 Å². The van der Waals surface area contributed by atoms with Gasteiger partial charge in [0.2, 0.25) is 0 Å². The van der Waals surface area contributed by atoms with Gasteiger partial charge in [-0.15, -0.1) is 0 Å². The Morgan fingerprint density at radius 2 is 1.84 bits per heavy atom. The first kappa shape index (κ1) is 18.7. The molecule has 0 aromatic heterocycles. The van der Waals surface area contributed by atoms with Crippen LogP contribution < -0.4 is 5.32 Å². The average Bonchev–Trinajstić information content (AvgIpc) is 2.60. The number of nitrogens with one attached hydrogen (secondary N) is 1. The molecule has 0 aliphatic heterocycles. The fraction of sp³-hybridized carbons (Fsp3) is 0.300. The highest BCUT2D eigenvalue weighted by atomic mass is 16.3. The Kier molecular flexibility index (Phi) is 6.71. The summed E-state index contributed by atoms with van der Waals surface area (Å²) >= 11 is 0. The lowest BCUT2D eigenvalue weighted by atomic mass is 10.1. The predicted molar refractivity (Wildman–Crippen MR) is 98.6 cm³/mol. The zero-order valence-corrected chi connectivity index (χ0v) is 14.6. The quantitative estimate of drug-likeness (QED) is 0.755. The van der Waals surface area contributed by atoms with Gasteiger partial charge >= 0.3 is 6.03 Å². The highest BCUT2D eigenvalue weighted by Crippen LogP contribution is 2.16. The number of carbonyl (C=O) groups is 2. The molecule has 0 fully saturated rings. The number of ketones is 1. The molecule has 0 heterocycles. The van der Waals surface area contributed by atoms with E-state index in [0.717, 1.165) is 5.56 Å². The van der Waals surface area contributed by atoms with E-state index in [4.69, 9.17) is 0 Å². The maximum atomic E-state index is 12.8. The number of nitrogens with zero attached hydrogens (tertiary/aromatic N) is 1. The summed E-state index contributed by atoms with van der Waals surface area (Å²) in [5.41, 5.74) is 2.14. The van der Waals surface area contributed by atoms with Gasteiger partial charge in [0.05, 0.1) is 0 Å². The van der Waals surface area contributed by atoms with Gasteiger partial charge in [-0.1, -0.05) is 42.5 Å². The lowest BCUT2D eigenvalue weighted by molar-refractivity contribution is 0.101. The molecule has 2 rings (SSSR count). The molecule has 0 bridgehead atoms. The van der Waals surface area contributed by atoms with Gasteiger partial charge in [0.15, 0.2) is 5.78 Å². The number of urea groups is 1. The third kappa shape index (κ3) is 5.43. The largest absolute Gasteiger partial charge is 0.396 e. The number of aliphatic hydroxyl groups excluding tert-OH is 1. The number of aliphatic hydroxyl groups is 1. The van der Waals surface area contributed by atoms with E-state index < -0.39 is 0 Å². The second-order valence-electron chi connectivity index (χ2n) is 6.04. The normalized spacial score (nSPS) is 11.6. The van der Waals surface area contributed by atoms with Crippen LogP contribution in [0, 0.1) is 0 Å². The van der Waals surface area contributed by atoms with Crippen LogP contribution in [0.4, 0.5) is 10.5 Å². The van der Waals surface area contributed by atoms with Crippen molar-refractivity contribution in [3.8, 4) is 0 Å². The molecule has 0 saturated heterocycles. The average molecular weight is 340 g/mol.